The van der Waals surface area contributed by atoms with E-state index in [-0.39, 0.29) is 5.54 Å². The zero-order chi connectivity index (χ0) is 14.3. The van der Waals surface area contributed by atoms with Crippen molar-refractivity contribution in [2.75, 3.05) is 51.4 Å². The van der Waals surface area contributed by atoms with Gasteiger partial charge >= 0.3 is 0 Å². The highest BCUT2D eigenvalue weighted by Crippen LogP contribution is 2.14. The number of likely N-dealkylation sites (N-methyl/N-ethyl adjacent to an activating group) is 2. The molecule has 0 saturated heterocycles. The topological polar surface area (TPSA) is 65.1 Å². The minimum Gasteiger partial charge on any atom is -0.369 e. The third-order valence-corrected chi connectivity index (χ3v) is 2.62. The number of anilines is 2. The molecule has 0 atom stereocenters. The van der Waals surface area contributed by atoms with Gasteiger partial charge in [-0.15, -0.1) is 0 Å². The van der Waals surface area contributed by atoms with Gasteiger partial charge in [0.25, 0.3) is 0 Å². The Labute approximate surface area is 116 Å². The summed E-state index contributed by atoms with van der Waals surface area (Å²) >= 11 is 0. The molecule has 1 aromatic rings. The number of rotatable bonds is 8. The SMILES string of the molecule is CNCC(C)(C)Nc1cc(NCCN(C)C)ncn1. The average Bonchev–Trinajstić information content (AvgIpc) is 2.28. The van der Waals surface area contributed by atoms with Crippen molar-refractivity contribution in [3.05, 3.63) is 12.4 Å². The van der Waals surface area contributed by atoms with Crippen LogP contribution in [-0.4, -0.2) is 61.2 Å². The van der Waals surface area contributed by atoms with Gasteiger partial charge in [-0.1, -0.05) is 0 Å². The molecule has 1 rings (SSSR count). The maximum absolute atomic E-state index is 4.25. The molecule has 0 saturated carbocycles. The molecule has 0 fully saturated rings. The molecule has 0 aliphatic carbocycles. The molecule has 6 heteroatoms. The maximum atomic E-state index is 4.25. The minimum atomic E-state index is -0.0516. The fourth-order valence-electron chi connectivity index (χ4n) is 1.76. The van der Waals surface area contributed by atoms with E-state index < -0.39 is 0 Å². The van der Waals surface area contributed by atoms with E-state index in [9.17, 15) is 0 Å². The smallest absolute Gasteiger partial charge is 0.131 e. The molecule has 0 aromatic carbocycles. The lowest BCUT2D eigenvalue weighted by molar-refractivity contribution is 0.425. The molecule has 0 radical (unpaired) electrons. The first-order valence-corrected chi connectivity index (χ1v) is 6.56. The Morgan fingerprint density at radius 2 is 1.89 bits per heavy atom. The second-order valence-electron chi connectivity index (χ2n) is 5.56. The Hall–Kier alpha value is -1.40. The standard InChI is InChI=1S/C13H26N6/c1-13(2,9-14-3)18-12-8-11(16-10-17-12)15-6-7-19(4)5/h8,10,14H,6-7,9H2,1-5H3,(H2,15,16,17,18). The third kappa shape index (κ3) is 6.35. The molecular formula is C13H26N6. The van der Waals surface area contributed by atoms with Gasteiger partial charge in [-0.05, 0) is 35.0 Å². The Kier molecular flexibility index (Phi) is 5.98. The molecule has 0 spiro atoms. The summed E-state index contributed by atoms with van der Waals surface area (Å²) in [6.07, 6.45) is 1.58. The molecule has 0 amide bonds. The molecule has 0 aliphatic heterocycles. The molecule has 0 unspecified atom stereocenters. The van der Waals surface area contributed by atoms with Crippen molar-refractivity contribution in [2.45, 2.75) is 19.4 Å². The second-order valence-corrected chi connectivity index (χ2v) is 5.56. The number of hydrogen-bond donors (Lipinski definition) is 3. The predicted octanol–water partition coefficient (Wildman–Crippen LogP) is 0.860. The molecule has 1 aromatic heterocycles. The molecule has 108 valence electrons. The molecule has 0 aliphatic rings. The first-order valence-electron chi connectivity index (χ1n) is 6.56. The van der Waals surface area contributed by atoms with Gasteiger partial charge < -0.3 is 20.9 Å². The van der Waals surface area contributed by atoms with E-state index in [1.807, 2.05) is 13.1 Å². The van der Waals surface area contributed by atoms with Crippen molar-refractivity contribution in [1.82, 2.24) is 20.2 Å². The zero-order valence-corrected chi connectivity index (χ0v) is 12.6. The van der Waals surface area contributed by atoms with Gasteiger partial charge in [-0.2, -0.15) is 0 Å². The Morgan fingerprint density at radius 1 is 1.21 bits per heavy atom. The number of nitrogens with zero attached hydrogens (tertiary/aromatic N) is 3. The van der Waals surface area contributed by atoms with Crippen molar-refractivity contribution < 1.29 is 0 Å². The van der Waals surface area contributed by atoms with Crippen LogP contribution in [0.25, 0.3) is 0 Å². The van der Waals surface area contributed by atoms with Gasteiger partial charge in [0.2, 0.25) is 0 Å². The first kappa shape index (κ1) is 15.7. The lowest BCUT2D eigenvalue weighted by atomic mass is 10.1. The van der Waals surface area contributed by atoms with Gasteiger partial charge in [0, 0.05) is 31.2 Å². The lowest BCUT2D eigenvalue weighted by Gasteiger charge is -2.26. The van der Waals surface area contributed by atoms with Gasteiger partial charge in [0.05, 0.1) is 0 Å². The van der Waals surface area contributed by atoms with Gasteiger partial charge in [0.15, 0.2) is 0 Å². The van der Waals surface area contributed by atoms with Gasteiger partial charge in [-0.3, -0.25) is 0 Å². The number of nitrogens with one attached hydrogen (secondary N) is 3. The summed E-state index contributed by atoms with van der Waals surface area (Å²) in [6.45, 7) is 6.96. The average molecular weight is 266 g/mol. The van der Waals surface area contributed by atoms with Crippen LogP contribution < -0.4 is 16.0 Å². The van der Waals surface area contributed by atoms with Gasteiger partial charge in [-0.25, -0.2) is 9.97 Å². The van der Waals surface area contributed by atoms with Crippen molar-refractivity contribution in [2.24, 2.45) is 0 Å². The number of hydrogen-bond acceptors (Lipinski definition) is 6. The first-order chi connectivity index (χ1) is 8.93. The van der Waals surface area contributed by atoms with E-state index in [4.69, 9.17) is 0 Å². The van der Waals surface area contributed by atoms with Crippen molar-refractivity contribution in [1.29, 1.82) is 0 Å². The zero-order valence-electron chi connectivity index (χ0n) is 12.6. The van der Waals surface area contributed by atoms with E-state index >= 15 is 0 Å². The molecule has 6 nitrogen and oxygen atoms in total. The van der Waals surface area contributed by atoms with Crippen LogP contribution in [0.4, 0.5) is 11.6 Å². The van der Waals surface area contributed by atoms with Crippen LogP contribution in [0.3, 0.4) is 0 Å². The van der Waals surface area contributed by atoms with Crippen molar-refractivity contribution in [3.63, 3.8) is 0 Å². The highest BCUT2D eigenvalue weighted by Gasteiger charge is 2.16. The summed E-state index contributed by atoms with van der Waals surface area (Å²) in [5, 5.41) is 9.84. The molecular weight excluding hydrogens is 240 g/mol. The van der Waals surface area contributed by atoms with Crippen LogP contribution in [0.2, 0.25) is 0 Å². The molecule has 0 bridgehead atoms. The van der Waals surface area contributed by atoms with E-state index in [0.29, 0.717) is 0 Å². The van der Waals surface area contributed by atoms with Crippen LogP contribution in [0.15, 0.2) is 12.4 Å². The minimum absolute atomic E-state index is 0.0516. The Balaban J connectivity index is 2.56. The third-order valence-electron chi connectivity index (χ3n) is 2.62. The Morgan fingerprint density at radius 3 is 2.53 bits per heavy atom. The monoisotopic (exact) mass is 266 g/mol. The van der Waals surface area contributed by atoms with E-state index in [1.165, 1.54) is 0 Å². The quantitative estimate of drug-likeness (QED) is 0.648. The highest BCUT2D eigenvalue weighted by atomic mass is 15.1. The van der Waals surface area contributed by atoms with Crippen LogP contribution in [-0.2, 0) is 0 Å². The van der Waals surface area contributed by atoms with Crippen LogP contribution in [0.1, 0.15) is 13.8 Å². The summed E-state index contributed by atoms with van der Waals surface area (Å²) in [4.78, 5) is 10.6. The summed E-state index contributed by atoms with van der Waals surface area (Å²) in [6, 6.07) is 1.94. The fourth-order valence-corrected chi connectivity index (χ4v) is 1.76. The van der Waals surface area contributed by atoms with Crippen LogP contribution >= 0.6 is 0 Å². The number of aromatic nitrogens is 2. The van der Waals surface area contributed by atoms with Crippen LogP contribution in [0.5, 0.6) is 0 Å². The van der Waals surface area contributed by atoms with E-state index in [0.717, 1.165) is 31.3 Å². The fraction of sp³-hybridized carbons (Fsp3) is 0.692. The van der Waals surface area contributed by atoms with Crippen molar-refractivity contribution in [3.8, 4) is 0 Å². The van der Waals surface area contributed by atoms with E-state index in [1.54, 1.807) is 6.33 Å². The van der Waals surface area contributed by atoms with Gasteiger partial charge in [0.1, 0.15) is 18.0 Å². The lowest BCUT2D eigenvalue weighted by Crippen LogP contribution is -2.40. The summed E-state index contributed by atoms with van der Waals surface area (Å²) in [5.74, 6) is 1.68. The summed E-state index contributed by atoms with van der Waals surface area (Å²) < 4.78 is 0. The van der Waals surface area contributed by atoms with Crippen molar-refractivity contribution >= 4 is 11.6 Å². The molecule has 19 heavy (non-hydrogen) atoms. The largest absolute Gasteiger partial charge is 0.369 e. The molecule has 3 N–H and O–H groups in total. The predicted molar refractivity (Wildman–Crippen MR) is 80.7 cm³/mol. The van der Waals surface area contributed by atoms with Crippen LogP contribution in [0, 0.1) is 0 Å². The summed E-state index contributed by atoms with van der Waals surface area (Å²) in [5.41, 5.74) is -0.0516. The highest BCUT2D eigenvalue weighted by molar-refractivity contribution is 5.47. The Bertz CT molecular complexity index is 377. The normalized spacial score (nSPS) is 11.7. The second kappa shape index (κ2) is 7.25. The van der Waals surface area contributed by atoms with E-state index in [2.05, 4.69) is 58.8 Å². The summed E-state index contributed by atoms with van der Waals surface area (Å²) in [7, 11) is 6.04. The molecule has 1 heterocycles. The maximum Gasteiger partial charge on any atom is 0.131 e.